The number of benzene rings is 1. The highest BCUT2D eigenvalue weighted by molar-refractivity contribution is 6.29. The molecule has 0 aliphatic heterocycles. The first-order chi connectivity index (χ1) is 5.70. The fourth-order valence-electron chi connectivity index (χ4n) is 0.718. The van der Waals surface area contributed by atoms with E-state index in [-0.39, 0.29) is 12.4 Å². The van der Waals surface area contributed by atoms with Crippen molar-refractivity contribution in [3.05, 3.63) is 41.7 Å². The van der Waals surface area contributed by atoms with Crippen LogP contribution < -0.4 is 4.74 Å². The maximum absolute atomic E-state index is 12.8. The highest BCUT2D eigenvalue weighted by Crippen LogP contribution is 2.16. The second-order valence-electron chi connectivity index (χ2n) is 2.24. The first kappa shape index (κ1) is 9.07. The van der Waals surface area contributed by atoms with Crippen LogP contribution in [0.15, 0.2) is 35.9 Å². The molecule has 0 aromatic heterocycles. The van der Waals surface area contributed by atoms with Crippen LogP contribution in [0.4, 0.5) is 4.39 Å². The maximum atomic E-state index is 12.8. The Labute approximate surface area is 75.4 Å². The number of hydrogen-bond acceptors (Lipinski definition) is 1. The molecule has 0 aliphatic carbocycles. The zero-order valence-electron chi connectivity index (χ0n) is 6.39. The van der Waals surface area contributed by atoms with Crippen LogP contribution in [0, 0.1) is 5.82 Å². The monoisotopic (exact) mass is 186 g/mol. The van der Waals surface area contributed by atoms with E-state index >= 15 is 0 Å². The fraction of sp³-hybridized carbons (Fsp3) is 0.111. The zero-order chi connectivity index (χ0) is 8.97. The molecule has 0 radical (unpaired) electrons. The van der Waals surface area contributed by atoms with Crippen molar-refractivity contribution in [2.24, 2.45) is 0 Å². The number of para-hydroxylation sites is 1. The Morgan fingerprint density at radius 2 is 2.17 bits per heavy atom. The third kappa shape index (κ3) is 2.55. The predicted molar refractivity (Wildman–Crippen MR) is 46.9 cm³/mol. The molecule has 0 aliphatic rings. The lowest BCUT2D eigenvalue weighted by Crippen LogP contribution is -1.97. The van der Waals surface area contributed by atoms with E-state index < -0.39 is 5.82 Å². The molecule has 12 heavy (non-hydrogen) atoms. The molecule has 0 amide bonds. The topological polar surface area (TPSA) is 9.23 Å². The molecule has 1 aromatic rings. The molecule has 0 N–H and O–H groups in total. The molecule has 0 spiro atoms. The molecule has 64 valence electrons. The summed E-state index contributed by atoms with van der Waals surface area (Å²) in [6, 6.07) is 6.15. The second-order valence-corrected chi connectivity index (χ2v) is 2.77. The highest BCUT2D eigenvalue weighted by atomic mass is 35.5. The molecule has 3 heteroatoms. The van der Waals surface area contributed by atoms with Crippen LogP contribution in [0.5, 0.6) is 5.75 Å². The van der Waals surface area contributed by atoms with Gasteiger partial charge in [0.15, 0.2) is 11.6 Å². The number of ether oxygens (including phenoxy) is 1. The number of hydrogen-bond donors (Lipinski definition) is 0. The first-order valence-electron chi connectivity index (χ1n) is 3.41. The molecule has 0 atom stereocenters. The third-order valence-corrected chi connectivity index (χ3v) is 1.33. The maximum Gasteiger partial charge on any atom is 0.165 e. The van der Waals surface area contributed by atoms with E-state index in [4.69, 9.17) is 16.3 Å². The Kier molecular flexibility index (Phi) is 3.11. The minimum atomic E-state index is -0.393. The fourth-order valence-corrected chi connectivity index (χ4v) is 0.772. The lowest BCUT2D eigenvalue weighted by molar-refractivity contribution is 0.339. The summed E-state index contributed by atoms with van der Waals surface area (Å²) in [6.07, 6.45) is 0. The van der Waals surface area contributed by atoms with Gasteiger partial charge >= 0.3 is 0 Å². The van der Waals surface area contributed by atoms with Crippen LogP contribution in [0.25, 0.3) is 0 Å². The van der Waals surface area contributed by atoms with Crippen molar-refractivity contribution in [2.45, 2.75) is 0 Å². The van der Waals surface area contributed by atoms with Crippen LogP contribution in [0.1, 0.15) is 0 Å². The number of halogens is 2. The summed E-state index contributed by atoms with van der Waals surface area (Å²) in [5, 5.41) is 0.346. The molecule has 1 aromatic carbocycles. The Balaban J connectivity index is 2.63. The van der Waals surface area contributed by atoms with E-state index in [1.807, 2.05) is 0 Å². The minimum absolute atomic E-state index is 0.127. The summed E-state index contributed by atoms with van der Waals surface area (Å²) in [6.45, 7) is 3.55. The van der Waals surface area contributed by atoms with Crippen molar-refractivity contribution in [3.63, 3.8) is 0 Å². The summed E-state index contributed by atoms with van der Waals surface area (Å²) in [5.74, 6) is -0.199. The van der Waals surface area contributed by atoms with E-state index in [0.717, 1.165) is 0 Å². The van der Waals surface area contributed by atoms with Crippen LogP contribution in [-0.2, 0) is 0 Å². The zero-order valence-corrected chi connectivity index (χ0v) is 7.14. The molecular weight excluding hydrogens is 179 g/mol. The van der Waals surface area contributed by atoms with Gasteiger partial charge in [-0.2, -0.15) is 0 Å². The van der Waals surface area contributed by atoms with Gasteiger partial charge in [0, 0.05) is 5.03 Å². The van der Waals surface area contributed by atoms with Crippen molar-refractivity contribution in [1.29, 1.82) is 0 Å². The number of rotatable bonds is 3. The Bertz CT molecular complexity index is 286. The van der Waals surface area contributed by atoms with Gasteiger partial charge in [-0.15, -0.1) is 0 Å². The van der Waals surface area contributed by atoms with E-state index in [1.165, 1.54) is 12.1 Å². The van der Waals surface area contributed by atoms with Gasteiger partial charge in [0.2, 0.25) is 0 Å². The normalized spacial score (nSPS) is 9.50. The molecular formula is C9H8ClFO. The molecule has 0 saturated carbocycles. The summed E-state index contributed by atoms with van der Waals surface area (Å²) < 4.78 is 17.8. The smallest absolute Gasteiger partial charge is 0.165 e. The Morgan fingerprint density at radius 3 is 2.75 bits per heavy atom. The van der Waals surface area contributed by atoms with Crippen molar-refractivity contribution in [2.75, 3.05) is 6.61 Å². The van der Waals surface area contributed by atoms with Gasteiger partial charge in [-0.05, 0) is 12.1 Å². The lowest BCUT2D eigenvalue weighted by Gasteiger charge is -2.04. The standard InChI is InChI=1S/C9H8ClFO/c1-7(10)6-12-9-5-3-2-4-8(9)11/h2-5H,1,6H2. The summed E-state index contributed by atoms with van der Waals surface area (Å²) in [5.41, 5.74) is 0. The van der Waals surface area contributed by atoms with Gasteiger partial charge in [-0.25, -0.2) is 4.39 Å². The Hall–Kier alpha value is -1.02. The van der Waals surface area contributed by atoms with Crippen molar-refractivity contribution >= 4 is 11.6 Å². The minimum Gasteiger partial charge on any atom is -0.485 e. The quantitative estimate of drug-likeness (QED) is 0.705. The highest BCUT2D eigenvalue weighted by Gasteiger charge is 2.00. The molecule has 0 bridgehead atoms. The molecule has 1 rings (SSSR count). The van der Waals surface area contributed by atoms with Gasteiger partial charge in [0.25, 0.3) is 0 Å². The van der Waals surface area contributed by atoms with Crippen molar-refractivity contribution in [1.82, 2.24) is 0 Å². The third-order valence-electron chi connectivity index (χ3n) is 1.22. The summed E-state index contributed by atoms with van der Waals surface area (Å²) in [7, 11) is 0. The summed E-state index contributed by atoms with van der Waals surface area (Å²) >= 11 is 5.44. The lowest BCUT2D eigenvalue weighted by atomic mass is 10.3. The van der Waals surface area contributed by atoms with E-state index in [2.05, 4.69) is 6.58 Å². The molecule has 1 nitrogen and oxygen atoms in total. The van der Waals surface area contributed by atoms with Gasteiger partial charge < -0.3 is 4.74 Å². The molecule has 0 fully saturated rings. The van der Waals surface area contributed by atoms with Crippen molar-refractivity contribution in [3.8, 4) is 5.75 Å². The predicted octanol–water partition coefficient (Wildman–Crippen LogP) is 2.96. The average Bonchev–Trinajstić information content (AvgIpc) is 2.03. The van der Waals surface area contributed by atoms with Crippen molar-refractivity contribution < 1.29 is 9.13 Å². The van der Waals surface area contributed by atoms with Gasteiger partial charge in [-0.1, -0.05) is 30.3 Å². The molecule has 0 unspecified atom stereocenters. The Morgan fingerprint density at radius 1 is 1.50 bits per heavy atom. The van der Waals surface area contributed by atoms with E-state index in [1.54, 1.807) is 12.1 Å². The largest absolute Gasteiger partial charge is 0.485 e. The SMILES string of the molecule is C=C(Cl)COc1ccccc1F. The van der Waals surface area contributed by atoms with Gasteiger partial charge in [-0.3, -0.25) is 0 Å². The van der Waals surface area contributed by atoms with Crippen LogP contribution in [0.2, 0.25) is 0 Å². The average molecular weight is 187 g/mol. The van der Waals surface area contributed by atoms with Gasteiger partial charge in [0.1, 0.15) is 6.61 Å². The van der Waals surface area contributed by atoms with Crippen LogP contribution >= 0.6 is 11.6 Å². The van der Waals surface area contributed by atoms with Gasteiger partial charge in [0.05, 0.1) is 0 Å². The van der Waals surface area contributed by atoms with E-state index in [0.29, 0.717) is 5.03 Å². The van der Waals surface area contributed by atoms with Crippen LogP contribution in [-0.4, -0.2) is 6.61 Å². The van der Waals surface area contributed by atoms with E-state index in [9.17, 15) is 4.39 Å². The van der Waals surface area contributed by atoms with Crippen LogP contribution in [0.3, 0.4) is 0 Å². The first-order valence-corrected chi connectivity index (χ1v) is 3.78. The second kappa shape index (κ2) is 4.12. The molecule has 0 heterocycles. The summed E-state index contributed by atoms with van der Waals surface area (Å²) in [4.78, 5) is 0. The molecule has 0 saturated heterocycles.